The van der Waals surface area contributed by atoms with Crippen molar-refractivity contribution < 1.29 is 80.1 Å². The van der Waals surface area contributed by atoms with E-state index in [1.54, 1.807) is 0 Å². The predicted molar refractivity (Wildman–Crippen MR) is 214 cm³/mol. The minimum atomic E-state index is -0.402. The molecule has 0 unspecified atom stereocenters. The summed E-state index contributed by atoms with van der Waals surface area (Å²) in [5, 5.41) is 0. The summed E-state index contributed by atoms with van der Waals surface area (Å²) in [6, 6.07) is 0. The van der Waals surface area contributed by atoms with Crippen LogP contribution >= 0.6 is 0 Å². The molecular formula is C44H80CeO8. The van der Waals surface area contributed by atoms with E-state index in [4.69, 9.17) is 0 Å². The molecule has 0 aliphatic rings. The molecule has 0 aromatic carbocycles. The zero-order valence-electron chi connectivity index (χ0n) is 38.6. The first-order valence-corrected chi connectivity index (χ1v) is 18.5. The summed E-state index contributed by atoms with van der Waals surface area (Å²) >= 11 is 0. The fraction of sp³-hybridized carbons (Fsp3) is 0.818. The molecule has 53 heavy (non-hydrogen) atoms. The molecule has 0 amide bonds. The van der Waals surface area contributed by atoms with Gasteiger partial charge in [-0.15, -0.1) is 0 Å². The number of carbonyl (C=O) groups is 8. The van der Waals surface area contributed by atoms with Crippen LogP contribution in [0.3, 0.4) is 0 Å². The van der Waals surface area contributed by atoms with Crippen LogP contribution in [0.4, 0.5) is 0 Å². The van der Waals surface area contributed by atoms with Crippen LogP contribution in [0.1, 0.15) is 192 Å². The Morgan fingerprint density at radius 1 is 0.208 bits per heavy atom. The van der Waals surface area contributed by atoms with E-state index in [0.29, 0.717) is 0 Å². The average molecular weight is 877 g/mol. The van der Waals surface area contributed by atoms with Gasteiger partial charge >= 0.3 is 0 Å². The second kappa shape index (κ2) is 22.5. The van der Waals surface area contributed by atoms with Crippen LogP contribution in [0.2, 0.25) is 0 Å². The van der Waals surface area contributed by atoms with Gasteiger partial charge in [0.15, 0.2) is 0 Å². The Morgan fingerprint density at radius 3 is 0.302 bits per heavy atom. The first-order chi connectivity index (χ1) is 22.2. The van der Waals surface area contributed by atoms with Crippen molar-refractivity contribution in [3.8, 4) is 0 Å². The largest absolute Gasteiger partial charge is 0.299 e. The van der Waals surface area contributed by atoms with E-state index in [-0.39, 0.29) is 114 Å². The molecule has 0 spiro atoms. The molecular weight excluding hydrogens is 797 g/mol. The molecule has 0 fully saturated rings. The standard InChI is InChI=1S/4C11H20O2.Ce/c4*1-10(2,3)8(12)7-9(13)11(4,5)6;/h4*7H2,1-6H3;. The molecule has 0 N–H and O–H groups in total. The Hall–Kier alpha value is -1.26. The molecule has 0 aromatic rings. The van der Waals surface area contributed by atoms with Crippen molar-refractivity contribution in [1.29, 1.82) is 0 Å². The third-order valence-electron chi connectivity index (χ3n) is 7.98. The third kappa shape index (κ3) is 30.6. The maximum absolute atomic E-state index is 11.5. The molecule has 0 rings (SSSR count). The van der Waals surface area contributed by atoms with Crippen LogP contribution < -0.4 is 0 Å². The van der Waals surface area contributed by atoms with Crippen LogP contribution in [0.25, 0.3) is 0 Å². The van der Waals surface area contributed by atoms with Crippen LogP contribution in [-0.2, 0) is 38.4 Å². The van der Waals surface area contributed by atoms with E-state index in [1.165, 1.54) is 0 Å². The summed E-state index contributed by atoms with van der Waals surface area (Å²) < 4.78 is 0. The number of rotatable bonds is 8. The summed E-state index contributed by atoms with van der Waals surface area (Å²) in [7, 11) is 0. The molecule has 0 saturated heterocycles. The topological polar surface area (TPSA) is 137 Å². The van der Waals surface area contributed by atoms with E-state index < -0.39 is 43.3 Å². The molecule has 0 saturated carbocycles. The monoisotopic (exact) mass is 876 g/mol. The van der Waals surface area contributed by atoms with Gasteiger partial charge < -0.3 is 0 Å². The van der Waals surface area contributed by atoms with Crippen molar-refractivity contribution in [2.45, 2.75) is 192 Å². The van der Waals surface area contributed by atoms with Crippen molar-refractivity contribution in [2.24, 2.45) is 43.3 Å². The maximum atomic E-state index is 11.5. The molecule has 0 radical (unpaired) electrons. The van der Waals surface area contributed by atoms with Crippen molar-refractivity contribution in [3.63, 3.8) is 0 Å². The van der Waals surface area contributed by atoms with Crippen LogP contribution in [0.15, 0.2) is 0 Å². The first-order valence-electron chi connectivity index (χ1n) is 18.5. The van der Waals surface area contributed by atoms with Crippen LogP contribution in [0, 0.1) is 85.1 Å². The number of Topliss-reactive ketones (excluding diaryl/α,β-unsaturated/α-hetero) is 8. The summed E-state index contributed by atoms with van der Waals surface area (Å²) in [5.74, 6) is 0.166. The fourth-order valence-electron chi connectivity index (χ4n) is 2.70. The van der Waals surface area contributed by atoms with E-state index in [2.05, 4.69) is 0 Å². The van der Waals surface area contributed by atoms with E-state index in [9.17, 15) is 38.4 Å². The zero-order valence-corrected chi connectivity index (χ0v) is 41.7. The summed E-state index contributed by atoms with van der Waals surface area (Å²) in [6.45, 7) is 44.1. The smallest absolute Gasteiger partial charge is 0.145 e. The number of hydrogen-bond acceptors (Lipinski definition) is 8. The van der Waals surface area contributed by atoms with Gasteiger partial charge in [-0.2, -0.15) is 0 Å². The Kier molecular flexibility index (Phi) is 25.8. The Balaban J connectivity index is -0.000000192. The second-order valence-electron chi connectivity index (χ2n) is 22.1. The number of carbonyl (C=O) groups excluding carboxylic acids is 8. The van der Waals surface area contributed by atoms with Gasteiger partial charge in [-0.05, 0) is 0 Å². The minimum absolute atomic E-state index is 0. The molecule has 0 aliphatic heterocycles. The van der Waals surface area contributed by atoms with Gasteiger partial charge in [0.2, 0.25) is 0 Å². The Bertz CT molecular complexity index is 964. The summed E-state index contributed by atoms with van der Waals surface area (Å²) in [6.07, 6.45) is 0.250. The average Bonchev–Trinajstić information content (AvgIpc) is 2.85. The molecule has 0 bridgehead atoms. The van der Waals surface area contributed by atoms with Crippen molar-refractivity contribution >= 4 is 46.3 Å². The van der Waals surface area contributed by atoms with Crippen molar-refractivity contribution in [1.82, 2.24) is 0 Å². The molecule has 0 atom stereocenters. The normalized spacial score (nSPS) is 12.5. The van der Waals surface area contributed by atoms with Gasteiger partial charge in [0.1, 0.15) is 46.3 Å². The number of hydrogen-bond donors (Lipinski definition) is 0. The van der Waals surface area contributed by atoms with Crippen molar-refractivity contribution in [3.05, 3.63) is 0 Å². The Morgan fingerprint density at radius 2 is 0.264 bits per heavy atom. The van der Waals surface area contributed by atoms with Crippen LogP contribution in [-0.4, -0.2) is 46.3 Å². The molecule has 9 heteroatoms. The first kappa shape index (κ1) is 61.0. The van der Waals surface area contributed by atoms with Gasteiger partial charge in [0.25, 0.3) is 0 Å². The zero-order chi connectivity index (χ0) is 43.4. The van der Waals surface area contributed by atoms with E-state index >= 15 is 0 Å². The Labute approximate surface area is 359 Å². The van der Waals surface area contributed by atoms with E-state index in [1.807, 2.05) is 166 Å². The predicted octanol–water partition coefficient (Wildman–Crippen LogP) is 10.4. The summed E-state index contributed by atoms with van der Waals surface area (Å²) in [5.41, 5.74) is -3.21. The summed E-state index contributed by atoms with van der Waals surface area (Å²) in [4.78, 5) is 92.0. The molecule has 308 valence electrons. The molecule has 0 heterocycles. The quantitative estimate of drug-likeness (QED) is 0.220. The third-order valence-corrected chi connectivity index (χ3v) is 7.98. The van der Waals surface area contributed by atoms with E-state index in [0.717, 1.165) is 0 Å². The van der Waals surface area contributed by atoms with Gasteiger partial charge in [0.05, 0.1) is 25.7 Å². The minimum Gasteiger partial charge on any atom is -0.299 e. The van der Waals surface area contributed by atoms with Gasteiger partial charge in [-0.1, -0.05) is 166 Å². The van der Waals surface area contributed by atoms with Gasteiger partial charge in [0, 0.05) is 85.1 Å². The molecule has 0 aliphatic carbocycles. The molecule has 8 nitrogen and oxygen atoms in total. The van der Waals surface area contributed by atoms with Gasteiger partial charge in [-0.25, -0.2) is 0 Å². The maximum Gasteiger partial charge on any atom is 0.145 e. The van der Waals surface area contributed by atoms with Gasteiger partial charge in [-0.3, -0.25) is 38.4 Å². The SMILES string of the molecule is CC(C)(C)C(=O)CC(=O)C(C)(C)C.CC(C)(C)C(=O)CC(=O)C(C)(C)C.CC(C)(C)C(=O)CC(=O)C(C)(C)C.CC(C)(C)C(=O)CC(=O)C(C)(C)C.[Ce]. The van der Waals surface area contributed by atoms with Crippen LogP contribution in [0.5, 0.6) is 0 Å². The fourth-order valence-corrected chi connectivity index (χ4v) is 2.70. The molecule has 0 aromatic heterocycles. The second-order valence-corrected chi connectivity index (χ2v) is 22.1. The van der Waals surface area contributed by atoms with Crippen molar-refractivity contribution in [2.75, 3.05) is 0 Å². The number of ketones is 8.